The van der Waals surface area contributed by atoms with Gasteiger partial charge in [0.2, 0.25) is 5.43 Å². The normalized spacial score (nSPS) is 19.7. The van der Waals surface area contributed by atoms with Gasteiger partial charge in [-0.3, -0.25) is 14.5 Å². The van der Waals surface area contributed by atoms with Gasteiger partial charge in [-0.15, -0.1) is 0 Å². The molecule has 1 aromatic rings. The molecule has 116 valence electrons. The molecule has 0 amide bonds. The summed E-state index contributed by atoms with van der Waals surface area (Å²) >= 11 is 0. The lowest BCUT2D eigenvalue weighted by Gasteiger charge is -2.26. The second-order valence-electron chi connectivity index (χ2n) is 6.26. The molecule has 6 heteroatoms. The number of carbonyl (C=O) groups excluding carboxylic acids is 1. The van der Waals surface area contributed by atoms with Crippen LogP contribution in [0.15, 0.2) is 21.5 Å². The van der Waals surface area contributed by atoms with Crippen LogP contribution < -0.4 is 5.43 Å². The fourth-order valence-corrected chi connectivity index (χ4v) is 2.38. The second-order valence-corrected chi connectivity index (χ2v) is 6.26. The van der Waals surface area contributed by atoms with Crippen molar-refractivity contribution in [1.82, 2.24) is 4.90 Å². The highest BCUT2D eigenvalue weighted by Gasteiger charge is 2.34. The van der Waals surface area contributed by atoms with Crippen molar-refractivity contribution in [2.45, 2.75) is 51.8 Å². The highest BCUT2D eigenvalue weighted by atomic mass is 16.6. The van der Waals surface area contributed by atoms with Gasteiger partial charge in [0.05, 0.1) is 6.54 Å². The second kappa shape index (κ2) is 5.89. The molecule has 21 heavy (non-hydrogen) atoms. The van der Waals surface area contributed by atoms with Gasteiger partial charge in [0, 0.05) is 6.07 Å². The lowest BCUT2D eigenvalue weighted by atomic mass is 10.1. The molecule has 0 saturated carbocycles. The van der Waals surface area contributed by atoms with Crippen LogP contribution in [0, 0.1) is 0 Å². The Bertz CT molecular complexity index is 572. The molecule has 1 aliphatic heterocycles. The van der Waals surface area contributed by atoms with Crippen molar-refractivity contribution in [3.05, 3.63) is 28.3 Å². The van der Waals surface area contributed by atoms with E-state index in [2.05, 4.69) is 0 Å². The number of likely N-dealkylation sites (tertiary alicyclic amines) is 1. The zero-order chi connectivity index (χ0) is 15.6. The number of esters is 1. The molecule has 0 spiro atoms. The largest absolute Gasteiger partial charge is 0.502 e. The first-order valence-electron chi connectivity index (χ1n) is 7.04. The summed E-state index contributed by atoms with van der Waals surface area (Å²) in [6.07, 6.45) is 2.65. The van der Waals surface area contributed by atoms with Gasteiger partial charge in [0.15, 0.2) is 5.75 Å². The van der Waals surface area contributed by atoms with Crippen molar-refractivity contribution in [2.24, 2.45) is 0 Å². The molecule has 6 nitrogen and oxygen atoms in total. The molecule has 1 N–H and O–H groups in total. The number of hydrogen-bond donors (Lipinski definition) is 1. The predicted octanol–water partition coefficient (Wildman–Crippen LogP) is 1.65. The Morgan fingerprint density at radius 3 is 2.86 bits per heavy atom. The van der Waals surface area contributed by atoms with Crippen molar-refractivity contribution >= 4 is 5.97 Å². The van der Waals surface area contributed by atoms with Gasteiger partial charge in [-0.1, -0.05) is 0 Å². The summed E-state index contributed by atoms with van der Waals surface area (Å²) in [7, 11) is 0. The third-order valence-corrected chi connectivity index (χ3v) is 3.27. The molecule has 0 unspecified atom stereocenters. The van der Waals surface area contributed by atoms with Crippen molar-refractivity contribution in [2.75, 3.05) is 6.54 Å². The van der Waals surface area contributed by atoms with Crippen LogP contribution in [0.2, 0.25) is 0 Å². The van der Waals surface area contributed by atoms with Gasteiger partial charge >= 0.3 is 5.97 Å². The highest BCUT2D eigenvalue weighted by molar-refractivity contribution is 5.76. The molecule has 1 fully saturated rings. The molecule has 1 aliphatic rings. The van der Waals surface area contributed by atoms with E-state index in [0.29, 0.717) is 12.3 Å². The van der Waals surface area contributed by atoms with E-state index in [-0.39, 0.29) is 12.0 Å². The number of ether oxygens (including phenoxy) is 1. The van der Waals surface area contributed by atoms with Crippen molar-refractivity contribution < 1.29 is 19.1 Å². The van der Waals surface area contributed by atoms with Gasteiger partial charge in [0.1, 0.15) is 23.7 Å². The minimum absolute atomic E-state index is 0.249. The van der Waals surface area contributed by atoms with Crippen LogP contribution in [0.4, 0.5) is 0 Å². The molecule has 0 aliphatic carbocycles. The van der Waals surface area contributed by atoms with Crippen LogP contribution >= 0.6 is 0 Å². The first-order chi connectivity index (χ1) is 9.76. The number of nitrogens with zero attached hydrogens (tertiary/aromatic N) is 1. The number of aromatic hydroxyl groups is 1. The van der Waals surface area contributed by atoms with E-state index in [1.807, 2.05) is 25.7 Å². The fraction of sp³-hybridized carbons (Fsp3) is 0.600. The topological polar surface area (TPSA) is 80.0 Å². The maximum atomic E-state index is 12.2. The number of carbonyl (C=O) groups is 1. The average Bonchev–Trinajstić information content (AvgIpc) is 2.80. The van der Waals surface area contributed by atoms with Gasteiger partial charge in [0.25, 0.3) is 0 Å². The van der Waals surface area contributed by atoms with Gasteiger partial charge in [-0.2, -0.15) is 0 Å². The molecule has 0 bridgehead atoms. The Kier molecular flexibility index (Phi) is 4.37. The summed E-state index contributed by atoms with van der Waals surface area (Å²) in [5.41, 5.74) is -1.000. The molecule has 1 saturated heterocycles. The SMILES string of the molecule is CC(C)(C)OC(=O)[C@H]1CCCN1Cc1cc(=O)c(O)co1. The summed E-state index contributed by atoms with van der Waals surface area (Å²) in [6.45, 7) is 6.60. The first kappa shape index (κ1) is 15.6. The Hall–Kier alpha value is -1.82. The molecule has 2 heterocycles. The molecule has 1 aromatic heterocycles. The van der Waals surface area contributed by atoms with Crippen LogP contribution in [0.1, 0.15) is 39.4 Å². The summed E-state index contributed by atoms with van der Waals surface area (Å²) < 4.78 is 10.6. The lowest BCUT2D eigenvalue weighted by molar-refractivity contribution is -0.160. The van der Waals surface area contributed by atoms with Gasteiger partial charge in [-0.05, 0) is 40.2 Å². The molecule has 2 rings (SSSR count). The highest BCUT2D eigenvalue weighted by Crippen LogP contribution is 2.23. The number of hydrogen-bond acceptors (Lipinski definition) is 6. The minimum Gasteiger partial charge on any atom is -0.502 e. The summed E-state index contributed by atoms with van der Waals surface area (Å²) in [4.78, 5) is 25.5. The van der Waals surface area contributed by atoms with Crippen LogP contribution in [0.25, 0.3) is 0 Å². The van der Waals surface area contributed by atoms with Crippen LogP contribution in [-0.2, 0) is 16.1 Å². The maximum Gasteiger partial charge on any atom is 0.323 e. The average molecular weight is 295 g/mol. The monoisotopic (exact) mass is 295 g/mol. The number of rotatable bonds is 3. The standard InChI is InChI=1S/C15H21NO5/c1-15(2,3)21-14(19)11-5-4-6-16(11)8-10-7-12(17)13(18)9-20-10/h7,9,11,18H,4-6,8H2,1-3H3/t11-/m1/s1. The lowest BCUT2D eigenvalue weighted by Crippen LogP contribution is -2.40. The van der Waals surface area contributed by atoms with E-state index in [1.165, 1.54) is 6.07 Å². The van der Waals surface area contributed by atoms with E-state index < -0.39 is 16.8 Å². The zero-order valence-electron chi connectivity index (χ0n) is 12.6. The Labute approximate surface area is 123 Å². The van der Waals surface area contributed by atoms with E-state index in [1.54, 1.807) is 0 Å². The molecule has 0 radical (unpaired) electrons. The van der Waals surface area contributed by atoms with Crippen molar-refractivity contribution in [3.63, 3.8) is 0 Å². The van der Waals surface area contributed by atoms with Crippen LogP contribution in [0.5, 0.6) is 5.75 Å². The van der Waals surface area contributed by atoms with Gasteiger partial charge in [-0.25, -0.2) is 0 Å². The predicted molar refractivity (Wildman–Crippen MR) is 75.9 cm³/mol. The summed E-state index contributed by atoms with van der Waals surface area (Å²) in [5.74, 6) is -0.238. The molecular weight excluding hydrogens is 274 g/mol. The van der Waals surface area contributed by atoms with Crippen molar-refractivity contribution in [1.29, 1.82) is 0 Å². The summed E-state index contributed by atoms with van der Waals surface area (Å²) in [5, 5.41) is 9.18. The Morgan fingerprint density at radius 1 is 1.52 bits per heavy atom. The Morgan fingerprint density at radius 2 is 2.24 bits per heavy atom. The molecular formula is C15H21NO5. The quantitative estimate of drug-likeness (QED) is 0.854. The summed E-state index contributed by atoms with van der Waals surface area (Å²) in [6, 6.07) is 0.933. The van der Waals surface area contributed by atoms with E-state index in [4.69, 9.17) is 9.15 Å². The van der Waals surface area contributed by atoms with E-state index >= 15 is 0 Å². The van der Waals surface area contributed by atoms with Crippen molar-refractivity contribution in [3.8, 4) is 5.75 Å². The minimum atomic E-state index is -0.517. The first-order valence-corrected chi connectivity index (χ1v) is 7.04. The van der Waals surface area contributed by atoms with Crippen LogP contribution in [-0.4, -0.2) is 34.2 Å². The molecule has 0 aromatic carbocycles. The van der Waals surface area contributed by atoms with E-state index in [9.17, 15) is 14.7 Å². The third kappa shape index (κ3) is 4.07. The van der Waals surface area contributed by atoms with Crippen LogP contribution in [0.3, 0.4) is 0 Å². The molecule has 1 atom stereocenters. The fourth-order valence-electron chi connectivity index (χ4n) is 2.38. The Balaban J connectivity index is 2.06. The van der Waals surface area contributed by atoms with Gasteiger partial charge < -0.3 is 14.3 Å². The third-order valence-electron chi connectivity index (χ3n) is 3.27. The maximum absolute atomic E-state index is 12.2. The smallest absolute Gasteiger partial charge is 0.323 e. The van der Waals surface area contributed by atoms with E-state index in [0.717, 1.165) is 25.6 Å². The zero-order valence-corrected chi connectivity index (χ0v) is 12.6.